The monoisotopic (exact) mass is 331 g/mol. The molecule has 2 saturated carbocycles. The zero-order chi connectivity index (χ0) is 16.9. The Kier molecular flexibility index (Phi) is 3.94. The zero-order valence-corrected chi connectivity index (χ0v) is 15.1. The predicted molar refractivity (Wildman–Crippen MR) is 91.5 cm³/mol. The number of nitrogens with zero attached hydrogens (tertiary/aromatic N) is 2. The average molecular weight is 331 g/mol. The molecule has 1 unspecified atom stereocenters. The van der Waals surface area contributed by atoms with E-state index in [2.05, 4.69) is 17.3 Å². The van der Waals surface area contributed by atoms with Gasteiger partial charge in [-0.25, -0.2) is 0 Å². The molecule has 3 aliphatic rings. The molecule has 1 saturated heterocycles. The molecule has 1 aromatic rings. The fourth-order valence-electron chi connectivity index (χ4n) is 4.98. The minimum absolute atomic E-state index is 0.0761. The van der Waals surface area contributed by atoms with E-state index in [0.29, 0.717) is 18.1 Å². The second kappa shape index (κ2) is 5.87. The van der Waals surface area contributed by atoms with E-state index in [1.807, 2.05) is 18.7 Å². The molecule has 132 valence electrons. The molecule has 1 amide bonds. The molecule has 2 aliphatic carbocycles. The third kappa shape index (κ3) is 2.57. The molecule has 1 aromatic heterocycles. The maximum atomic E-state index is 12.9. The lowest BCUT2D eigenvalue weighted by Crippen LogP contribution is -2.36. The van der Waals surface area contributed by atoms with Gasteiger partial charge in [0, 0.05) is 31.0 Å². The van der Waals surface area contributed by atoms with Gasteiger partial charge in [0.1, 0.15) is 0 Å². The Morgan fingerprint density at radius 2 is 2.04 bits per heavy atom. The normalized spacial score (nSPS) is 31.4. The first-order chi connectivity index (χ1) is 11.5. The van der Waals surface area contributed by atoms with Crippen LogP contribution in [0.4, 0.5) is 0 Å². The van der Waals surface area contributed by atoms with Crippen LogP contribution in [0.15, 0.2) is 0 Å². The third-order valence-corrected chi connectivity index (χ3v) is 6.63. The first-order valence-electron chi connectivity index (χ1n) is 9.44. The molecule has 5 nitrogen and oxygen atoms in total. The molecule has 2 heterocycles. The quantitative estimate of drug-likeness (QED) is 0.926. The lowest BCUT2D eigenvalue weighted by atomic mass is 9.85. The zero-order valence-electron chi connectivity index (χ0n) is 15.1. The SMILES string of the molecule is Cc1nn(C)c(C)c1[C@H]1OCC[C@@H]1C(=O)NC1CC12CCCCC2. The number of nitrogens with one attached hydrogen (secondary N) is 1. The van der Waals surface area contributed by atoms with Crippen molar-refractivity contribution in [2.75, 3.05) is 6.61 Å². The van der Waals surface area contributed by atoms with Crippen molar-refractivity contribution in [2.45, 2.75) is 70.9 Å². The number of rotatable bonds is 3. The number of carbonyl (C=O) groups is 1. The lowest BCUT2D eigenvalue weighted by Gasteiger charge is -2.24. The van der Waals surface area contributed by atoms with Crippen molar-refractivity contribution >= 4 is 5.91 Å². The van der Waals surface area contributed by atoms with Gasteiger partial charge >= 0.3 is 0 Å². The fraction of sp³-hybridized carbons (Fsp3) is 0.789. The number of amides is 1. The Morgan fingerprint density at radius 1 is 1.29 bits per heavy atom. The molecule has 0 radical (unpaired) electrons. The summed E-state index contributed by atoms with van der Waals surface area (Å²) in [5, 5.41) is 7.85. The lowest BCUT2D eigenvalue weighted by molar-refractivity contribution is -0.127. The molecule has 3 atom stereocenters. The van der Waals surface area contributed by atoms with E-state index in [0.717, 1.165) is 23.4 Å². The van der Waals surface area contributed by atoms with E-state index >= 15 is 0 Å². The van der Waals surface area contributed by atoms with E-state index < -0.39 is 0 Å². The van der Waals surface area contributed by atoms with Gasteiger partial charge in [-0.15, -0.1) is 0 Å². The summed E-state index contributed by atoms with van der Waals surface area (Å²) in [4.78, 5) is 12.9. The number of hydrogen-bond acceptors (Lipinski definition) is 3. The summed E-state index contributed by atoms with van der Waals surface area (Å²) in [6.45, 7) is 4.73. The standard InChI is InChI=1S/C19H29N3O2/c1-12-16(13(2)22(3)21-12)17-14(7-10-24-17)18(23)20-15-11-19(15)8-5-4-6-9-19/h14-15,17H,4-11H2,1-3H3,(H,20,23)/t14-,15?,17-/m0/s1. The second-order valence-electron chi connectivity index (χ2n) is 8.08. The molecule has 24 heavy (non-hydrogen) atoms. The fourth-order valence-corrected chi connectivity index (χ4v) is 4.98. The Hall–Kier alpha value is -1.36. The Labute approximate surface area is 144 Å². The maximum absolute atomic E-state index is 12.9. The molecule has 3 fully saturated rings. The number of aromatic nitrogens is 2. The first kappa shape index (κ1) is 16.1. The molecule has 0 aromatic carbocycles. The molecular weight excluding hydrogens is 302 g/mol. The summed E-state index contributed by atoms with van der Waals surface area (Å²) in [5.41, 5.74) is 3.63. The van der Waals surface area contributed by atoms with Gasteiger partial charge < -0.3 is 10.1 Å². The van der Waals surface area contributed by atoms with Gasteiger partial charge in [0.2, 0.25) is 5.91 Å². The molecule has 1 aliphatic heterocycles. The molecule has 1 spiro atoms. The highest BCUT2D eigenvalue weighted by atomic mass is 16.5. The van der Waals surface area contributed by atoms with Gasteiger partial charge in [-0.1, -0.05) is 19.3 Å². The smallest absolute Gasteiger partial charge is 0.226 e. The summed E-state index contributed by atoms with van der Waals surface area (Å²) in [6.07, 6.45) is 8.46. The average Bonchev–Trinajstić information content (AvgIpc) is 2.91. The third-order valence-electron chi connectivity index (χ3n) is 6.63. The summed E-state index contributed by atoms with van der Waals surface area (Å²) < 4.78 is 7.86. The van der Waals surface area contributed by atoms with Crippen LogP contribution in [-0.2, 0) is 16.6 Å². The highest BCUT2D eigenvalue weighted by Crippen LogP contribution is 2.56. The van der Waals surface area contributed by atoms with Crippen LogP contribution in [0.5, 0.6) is 0 Å². The number of aryl methyl sites for hydroxylation is 2. The topological polar surface area (TPSA) is 56.2 Å². The van der Waals surface area contributed by atoms with Crippen LogP contribution in [-0.4, -0.2) is 28.3 Å². The highest BCUT2D eigenvalue weighted by Gasteiger charge is 2.55. The van der Waals surface area contributed by atoms with Crippen molar-refractivity contribution < 1.29 is 9.53 Å². The molecule has 4 rings (SSSR count). The van der Waals surface area contributed by atoms with Crippen LogP contribution in [0.3, 0.4) is 0 Å². The van der Waals surface area contributed by atoms with Crippen molar-refractivity contribution in [3.05, 3.63) is 17.0 Å². The number of ether oxygens (including phenoxy) is 1. The van der Waals surface area contributed by atoms with Gasteiger partial charge in [0.15, 0.2) is 0 Å². The van der Waals surface area contributed by atoms with Crippen LogP contribution < -0.4 is 5.32 Å². The van der Waals surface area contributed by atoms with E-state index in [9.17, 15) is 4.79 Å². The van der Waals surface area contributed by atoms with Crippen LogP contribution in [0.1, 0.15) is 68.0 Å². The number of carbonyl (C=O) groups excluding carboxylic acids is 1. The van der Waals surface area contributed by atoms with E-state index in [1.165, 1.54) is 38.5 Å². The summed E-state index contributed by atoms with van der Waals surface area (Å²) in [7, 11) is 1.95. The van der Waals surface area contributed by atoms with Crippen molar-refractivity contribution in [3.8, 4) is 0 Å². The van der Waals surface area contributed by atoms with Crippen molar-refractivity contribution in [1.82, 2.24) is 15.1 Å². The largest absolute Gasteiger partial charge is 0.373 e. The summed E-state index contributed by atoms with van der Waals surface area (Å²) in [6, 6.07) is 0.405. The van der Waals surface area contributed by atoms with Gasteiger partial charge in [-0.2, -0.15) is 5.10 Å². The van der Waals surface area contributed by atoms with Gasteiger partial charge in [0.25, 0.3) is 0 Å². The first-order valence-corrected chi connectivity index (χ1v) is 9.44. The minimum atomic E-state index is -0.139. The summed E-state index contributed by atoms with van der Waals surface area (Å²) in [5.74, 6) is 0.112. The molecule has 0 bridgehead atoms. The predicted octanol–water partition coefficient (Wildman–Crippen LogP) is 2.95. The van der Waals surface area contributed by atoms with E-state index in [4.69, 9.17) is 4.74 Å². The van der Waals surface area contributed by atoms with Gasteiger partial charge in [0.05, 0.1) is 17.7 Å². The van der Waals surface area contributed by atoms with E-state index in [1.54, 1.807) is 0 Å². The molecular formula is C19H29N3O2. The van der Waals surface area contributed by atoms with Crippen molar-refractivity contribution in [1.29, 1.82) is 0 Å². The maximum Gasteiger partial charge on any atom is 0.226 e. The highest BCUT2D eigenvalue weighted by molar-refractivity contribution is 5.80. The van der Waals surface area contributed by atoms with E-state index in [-0.39, 0.29) is 17.9 Å². The van der Waals surface area contributed by atoms with Gasteiger partial charge in [-0.05, 0) is 44.9 Å². The van der Waals surface area contributed by atoms with Gasteiger partial charge in [-0.3, -0.25) is 9.48 Å². The van der Waals surface area contributed by atoms with Crippen LogP contribution in [0.2, 0.25) is 0 Å². The Morgan fingerprint density at radius 3 is 2.71 bits per heavy atom. The Balaban J connectivity index is 1.46. The Bertz CT molecular complexity index is 645. The van der Waals surface area contributed by atoms with Crippen molar-refractivity contribution in [3.63, 3.8) is 0 Å². The minimum Gasteiger partial charge on any atom is -0.373 e. The number of hydrogen-bond donors (Lipinski definition) is 1. The van der Waals surface area contributed by atoms with Crippen LogP contribution in [0, 0.1) is 25.2 Å². The van der Waals surface area contributed by atoms with Crippen LogP contribution >= 0.6 is 0 Å². The van der Waals surface area contributed by atoms with Crippen LogP contribution in [0.25, 0.3) is 0 Å². The molecule has 1 N–H and O–H groups in total. The molecule has 5 heteroatoms. The summed E-state index contributed by atoms with van der Waals surface area (Å²) >= 11 is 0. The van der Waals surface area contributed by atoms with Crippen molar-refractivity contribution in [2.24, 2.45) is 18.4 Å². The second-order valence-corrected chi connectivity index (χ2v) is 8.08.